The number of ether oxygens (including phenoxy) is 1. The fourth-order valence-corrected chi connectivity index (χ4v) is 4.24. The highest BCUT2D eigenvalue weighted by Crippen LogP contribution is 2.25. The smallest absolute Gasteiger partial charge is 0.221 e. The molecule has 4 rings (SSSR count). The number of fused-ring (bicyclic) bond motifs is 1. The van der Waals surface area contributed by atoms with E-state index < -0.39 is 0 Å². The molecule has 1 aliphatic heterocycles. The predicted molar refractivity (Wildman–Crippen MR) is 116 cm³/mol. The Labute approximate surface area is 175 Å². The van der Waals surface area contributed by atoms with Gasteiger partial charge in [-0.3, -0.25) is 9.69 Å². The molecule has 150 valence electrons. The molecular formula is C23H25N3O2S. The van der Waals surface area contributed by atoms with Crippen LogP contribution in [0, 0.1) is 0 Å². The van der Waals surface area contributed by atoms with Crippen LogP contribution in [0.3, 0.4) is 0 Å². The van der Waals surface area contributed by atoms with Gasteiger partial charge in [0.1, 0.15) is 16.9 Å². The van der Waals surface area contributed by atoms with Crippen LogP contribution >= 0.6 is 11.3 Å². The molecular weight excluding hydrogens is 382 g/mol. The van der Waals surface area contributed by atoms with Gasteiger partial charge < -0.3 is 10.1 Å². The fourth-order valence-electron chi connectivity index (χ4n) is 3.50. The minimum atomic E-state index is 0.0487. The van der Waals surface area contributed by atoms with Gasteiger partial charge in [0.15, 0.2) is 0 Å². The van der Waals surface area contributed by atoms with Crippen molar-refractivity contribution in [3.8, 4) is 17.0 Å². The number of rotatable bonds is 6. The van der Waals surface area contributed by atoms with Gasteiger partial charge in [-0.2, -0.15) is 0 Å². The molecule has 2 aromatic carbocycles. The van der Waals surface area contributed by atoms with Crippen LogP contribution in [0.2, 0.25) is 0 Å². The average molecular weight is 408 g/mol. The molecule has 1 aliphatic rings. The van der Waals surface area contributed by atoms with Gasteiger partial charge >= 0.3 is 0 Å². The monoisotopic (exact) mass is 407 g/mol. The minimum absolute atomic E-state index is 0.0487. The molecule has 2 heterocycles. The number of carbonyl (C=O) groups is 1. The number of carbonyl (C=O) groups excluding carboxylic acids is 1. The lowest BCUT2D eigenvalue weighted by Gasteiger charge is -2.21. The number of aromatic nitrogens is 1. The molecule has 0 aliphatic carbocycles. The minimum Gasteiger partial charge on any atom is -0.489 e. The zero-order valence-corrected chi connectivity index (χ0v) is 17.3. The van der Waals surface area contributed by atoms with Crippen molar-refractivity contribution in [3.05, 3.63) is 70.5 Å². The molecule has 0 saturated heterocycles. The first kappa shape index (κ1) is 19.6. The summed E-state index contributed by atoms with van der Waals surface area (Å²) >= 11 is 1.58. The SMILES string of the molecule is C[C@H]1CN(CCC(=O)NCc2nc(-c3ccccc3)cs2)Cc2ccccc2O1. The van der Waals surface area contributed by atoms with Crippen LogP contribution in [0.4, 0.5) is 0 Å². The van der Waals surface area contributed by atoms with E-state index in [1.165, 1.54) is 5.56 Å². The number of amides is 1. The van der Waals surface area contributed by atoms with Crippen LogP contribution in [0.25, 0.3) is 11.3 Å². The summed E-state index contributed by atoms with van der Waals surface area (Å²) in [4.78, 5) is 19.3. The summed E-state index contributed by atoms with van der Waals surface area (Å²) in [5, 5.41) is 5.95. The van der Waals surface area contributed by atoms with E-state index in [2.05, 4.69) is 28.2 Å². The average Bonchev–Trinajstić information content (AvgIpc) is 3.15. The van der Waals surface area contributed by atoms with Crippen LogP contribution < -0.4 is 10.1 Å². The van der Waals surface area contributed by atoms with Gasteiger partial charge in [0.25, 0.3) is 0 Å². The molecule has 0 fully saturated rings. The molecule has 3 aromatic rings. The van der Waals surface area contributed by atoms with E-state index in [0.29, 0.717) is 19.5 Å². The summed E-state index contributed by atoms with van der Waals surface area (Å²) < 4.78 is 5.99. The third-order valence-electron chi connectivity index (χ3n) is 4.92. The third-order valence-corrected chi connectivity index (χ3v) is 5.77. The Bertz CT molecular complexity index is 958. The van der Waals surface area contributed by atoms with Crippen molar-refractivity contribution in [2.45, 2.75) is 32.5 Å². The van der Waals surface area contributed by atoms with Crippen LogP contribution in [0.15, 0.2) is 60.0 Å². The quantitative estimate of drug-likeness (QED) is 0.668. The summed E-state index contributed by atoms with van der Waals surface area (Å²) in [5.41, 5.74) is 3.23. The summed E-state index contributed by atoms with van der Waals surface area (Å²) in [6, 6.07) is 18.2. The van der Waals surface area contributed by atoms with Crippen molar-refractivity contribution in [1.82, 2.24) is 15.2 Å². The highest BCUT2D eigenvalue weighted by Gasteiger charge is 2.20. The Balaban J connectivity index is 1.27. The lowest BCUT2D eigenvalue weighted by Crippen LogP contribution is -2.34. The summed E-state index contributed by atoms with van der Waals surface area (Å²) in [7, 11) is 0. The predicted octanol–water partition coefficient (Wildman–Crippen LogP) is 4.10. The van der Waals surface area contributed by atoms with Crippen molar-refractivity contribution >= 4 is 17.2 Å². The molecule has 0 bridgehead atoms. The second-order valence-corrected chi connectivity index (χ2v) is 8.23. The molecule has 0 saturated carbocycles. The van der Waals surface area contributed by atoms with E-state index in [-0.39, 0.29) is 12.0 Å². The Morgan fingerprint density at radius 1 is 1.21 bits per heavy atom. The van der Waals surface area contributed by atoms with E-state index in [0.717, 1.165) is 35.1 Å². The maximum Gasteiger partial charge on any atom is 0.221 e. The van der Waals surface area contributed by atoms with Crippen molar-refractivity contribution in [3.63, 3.8) is 0 Å². The van der Waals surface area contributed by atoms with Gasteiger partial charge in [-0.25, -0.2) is 4.98 Å². The van der Waals surface area contributed by atoms with E-state index in [1.54, 1.807) is 11.3 Å². The first-order valence-corrected chi connectivity index (χ1v) is 10.8. The second kappa shape index (κ2) is 9.20. The molecule has 29 heavy (non-hydrogen) atoms. The van der Waals surface area contributed by atoms with E-state index in [4.69, 9.17) is 4.74 Å². The number of hydrogen-bond donors (Lipinski definition) is 1. The Morgan fingerprint density at radius 3 is 2.86 bits per heavy atom. The van der Waals surface area contributed by atoms with Gasteiger partial charge in [0.05, 0.1) is 12.2 Å². The number of benzene rings is 2. The van der Waals surface area contributed by atoms with Gasteiger partial charge in [0, 0.05) is 42.6 Å². The number of para-hydroxylation sites is 1. The van der Waals surface area contributed by atoms with Crippen LogP contribution in [-0.2, 0) is 17.9 Å². The normalized spacial score (nSPS) is 16.5. The summed E-state index contributed by atoms with van der Waals surface area (Å²) in [6.07, 6.45) is 0.569. The standard InChI is InChI=1S/C23H25N3O2S/c1-17-14-26(15-19-9-5-6-10-21(19)28-17)12-11-22(27)24-13-23-25-20(16-29-23)18-7-3-2-4-8-18/h2-10,16-17H,11-15H2,1H3,(H,24,27)/t17-/m0/s1. The van der Waals surface area contributed by atoms with Gasteiger partial charge in [-0.15, -0.1) is 11.3 Å². The molecule has 1 aromatic heterocycles. The van der Waals surface area contributed by atoms with Crippen molar-refractivity contribution in [2.75, 3.05) is 13.1 Å². The highest BCUT2D eigenvalue weighted by atomic mass is 32.1. The number of hydrogen-bond acceptors (Lipinski definition) is 5. The Kier molecular flexibility index (Phi) is 6.22. The molecule has 0 spiro atoms. The fraction of sp³-hybridized carbons (Fsp3) is 0.304. The Morgan fingerprint density at radius 2 is 2.00 bits per heavy atom. The van der Waals surface area contributed by atoms with Crippen LogP contribution in [-0.4, -0.2) is 35.0 Å². The lowest BCUT2D eigenvalue weighted by molar-refractivity contribution is -0.121. The van der Waals surface area contributed by atoms with Crippen LogP contribution in [0.1, 0.15) is 23.9 Å². The van der Waals surface area contributed by atoms with Crippen molar-refractivity contribution in [2.24, 2.45) is 0 Å². The van der Waals surface area contributed by atoms with E-state index in [9.17, 15) is 4.79 Å². The molecule has 1 amide bonds. The number of nitrogens with zero attached hydrogens (tertiary/aromatic N) is 2. The Hall–Kier alpha value is -2.70. The van der Waals surface area contributed by atoms with Gasteiger partial charge in [-0.1, -0.05) is 48.5 Å². The third kappa shape index (κ3) is 5.22. The van der Waals surface area contributed by atoms with Crippen molar-refractivity contribution < 1.29 is 9.53 Å². The largest absolute Gasteiger partial charge is 0.489 e. The van der Waals surface area contributed by atoms with Gasteiger partial charge in [-0.05, 0) is 13.0 Å². The summed E-state index contributed by atoms with van der Waals surface area (Å²) in [6.45, 7) is 4.87. The molecule has 1 atom stereocenters. The maximum absolute atomic E-state index is 12.4. The summed E-state index contributed by atoms with van der Waals surface area (Å²) in [5.74, 6) is 0.998. The zero-order chi connectivity index (χ0) is 20.1. The lowest BCUT2D eigenvalue weighted by atomic mass is 10.2. The van der Waals surface area contributed by atoms with Crippen LogP contribution in [0.5, 0.6) is 5.75 Å². The zero-order valence-electron chi connectivity index (χ0n) is 16.5. The maximum atomic E-state index is 12.4. The molecule has 0 unspecified atom stereocenters. The first-order chi connectivity index (χ1) is 14.2. The number of thiazole rings is 1. The number of nitrogens with one attached hydrogen (secondary N) is 1. The molecule has 5 nitrogen and oxygen atoms in total. The van der Waals surface area contributed by atoms with Crippen molar-refractivity contribution in [1.29, 1.82) is 0 Å². The molecule has 6 heteroatoms. The topological polar surface area (TPSA) is 54.5 Å². The van der Waals surface area contributed by atoms with E-state index >= 15 is 0 Å². The van der Waals surface area contributed by atoms with E-state index in [1.807, 2.05) is 53.9 Å². The van der Waals surface area contributed by atoms with Gasteiger partial charge in [0.2, 0.25) is 5.91 Å². The second-order valence-electron chi connectivity index (χ2n) is 7.29. The highest BCUT2D eigenvalue weighted by molar-refractivity contribution is 7.09. The molecule has 0 radical (unpaired) electrons. The molecule has 1 N–H and O–H groups in total. The first-order valence-electron chi connectivity index (χ1n) is 9.91.